The average molecular weight is 751 g/mol. The summed E-state index contributed by atoms with van der Waals surface area (Å²) in [6, 6.07) is 19.3. The number of fused-ring (bicyclic) bond motifs is 2. The van der Waals surface area contributed by atoms with Crippen LogP contribution in [-0.4, -0.2) is 57.4 Å². The lowest BCUT2D eigenvalue weighted by atomic mass is 10.0. The molecule has 4 amide bonds. The lowest BCUT2D eigenvalue weighted by Crippen LogP contribution is -2.27. The van der Waals surface area contributed by atoms with Crippen LogP contribution in [0.3, 0.4) is 0 Å². The van der Waals surface area contributed by atoms with Crippen LogP contribution in [0.25, 0.3) is 11.5 Å². The number of nitrogens with zero attached hydrogens (tertiary/aromatic N) is 6. The van der Waals surface area contributed by atoms with E-state index in [0.29, 0.717) is 50.5 Å². The minimum Gasteiger partial charge on any atom is -0.444 e. The van der Waals surface area contributed by atoms with Crippen LogP contribution >= 0.6 is 0 Å². The lowest BCUT2D eigenvalue weighted by Gasteiger charge is -2.16. The van der Waals surface area contributed by atoms with Gasteiger partial charge in [-0.1, -0.05) is 32.0 Å². The molecule has 0 unspecified atom stereocenters. The summed E-state index contributed by atoms with van der Waals surface area (Å²) in [5.74, 6) is 0.170. The van der Waals surface area contributed by atoms with Crippen LogP contribution in [0.15, 0.2) is 113 Å². The van der Waals surface area contributed by atoms with Crippen molar-refractivity contribution < 1.29 is 23.6 Å². The van der Waals surface area contributed by atoms with Gasteiger partial charge in [0, 0.05) is 87.2 Å². The number of amides is 4. The minimum atomic E-state index is -0.306. The Labute approximate surface area is 324 Å². The van der Waals surface area contributed by atoms with E-state index in [2.05, 4.69) is 36.6 Å². The Morgan fingerprint density at radius 2 is 1.30 bits per heavy atom. The van der Waals surface area contributed by atoms with Crippen molar-refractivity contribution in [3.8, 4) is 11.5 Å². The highest BCUT2D eigenvalue weighted by atomic mass is 16.3. The zero-order valence-electron chi connectivity index (χ0n) is 31.3. The highest BCUT2D eigenvalue weighted by Gasteiger charge is 2.26. The summed E-state index contributed by atoms with van der Waals surface area (Å²) in [5.41, 5.74) is 9.39. The van der Waals surface area contributed by atoms with Crippen molar-refractivity contribution in [3.63, 3.8) is 0 Å². The molecule has 0 saturated heterocycles. The maximum absolute atomic E-state index is 12.4. The Hall–Kier alpha value is -6.76. The molecule has 0 aliphatic carbocycles. The topological polar surface area (TPSA) is 163 Å². The van der Waals surface area contributed by atoms with E-state index in [9.17, 15) is 19.2 Å². The first-order chi connectivity index (χ1) is 27.3. The zero-order valence-corrected chi connectivity index (χ0v) is 31.3. The Morgan fingerprint density at radius 3 is 1.88 bits per heavy atom. The van der Waals surface area contributed by atoms with Gasteiger partial charge in [-0.15, -0.1) is 0 Å². The summed E-state index contributed by atoms with van der Waals surface area (Å²) in [4.78, 5) is 69.3. The number of allylic oxidation sites excluding steroid dienone is 1. The molecular weight excluding hydrogens is 709 g/mol. The van der Waals surface area contributed by atoms with Crippen molar-refractivity contribution in [2.75, 3.05) is 22.9 Å². The maximum Gasteiger partial charge on any atom is 0.273 e. The monoisotopic (exact) mass is 750 g/mol. The van der Waals surface area contributed by atoms with Gasteiger partial charge >= 0.3 is 0 Å². The number of anilines is 2. The fourth-order valence-corrected chi connectivity index (χ4v) is 6.83. The second kappa shape index (κ2) is 17.1. The molecule has 0 spiro atoms. The number of aliphatic imine (C=N–C) groups is 1. The van der Waals surface area contributed by atoms with Crippen LogP contribution in [0, 0.1) is 0 Å². The molecule has 0 radical (unpaired) electrons. The molecule has 0 bridgehead atoms. The van der Waals surface area contributed by atoms with E-state index < -0.39 is 0 Å². The number of aromatic nitrogens is 3. The Morgan fingerprint density at radius 1 is 0.732 bits per heavy atom. The maximum atomic E-state index is 12.4. The van der Waals surface area contributed by atoms with Gasteiger partial charge in [0.1, 0.15) is 12.0 Å². The van der Waals surface area contributed by atoms with E-state index in [4.69, 9.17) is 4.42 Å². The van der Waals surface area contributed by atoms with E-state index in [1.54, 1.807) is 24.8 Å². The summed E-state index contributed by atoms with van der Waals surface area (Å²) < 4.78 is 5.51. The SMILES string of the molecule is CCC(=O)N1CCc2cc(-c3nc(C(=O)NCc4cccnc4)co3)ccc21.CCC(=O)N1CCc2cc(C3=NC(C(=O)NCc4cccnc4)=CC3)ccc21. The molecule has 0 fully saturated rings. The summed E-state index contributed by atoms with van der Waals surface area (Å²) in [6.45, 7) is 5.97. The number of benzene rings is 2. The summed E-state index contributed by atoms with van der Waals surface area (Å²) in [5, 5.41) is 5.68. The van der Waals surface area contributed by atoms with Crippen LogP contribution in [0.5, 0.6) is 0 Å². The van der Waals surface area contributed by atoms with E-state index in [1.165, 1.54) is 6.26 Å². The first kappa shape index (κ1) is 37.6. The van der Waals surface area contributed by atoms with Crippen LogP contribution in [-0.2, 0) is 40.3 Å². The number of hydrogen-bond acceptors (Lipinski definition) is 9. The number of carbonyl (C=O) groups is 4. The number of oxazole rings is 1. The zero-order chi connectivity index (χ0) is 39.0. The summed E-state index contributed by atoms with van der Waals surface area (Å²) in [7, 11) is 0. The van der Waals surface area contributed by atoms with Gasteiger partial charge in [0.2, 0.25) is 17.7 Å². The molecule has 0 saturated carbocycles. The third-order valence-corrected chi connectivity index (χ3v) is 9.80. The van der Waals surface area contributed by atoms with E-state index in [1.807, 2.05) is 84.3 Å². The first-order valence-corrected chi connectivity index (χ1v) is 18.8. The number of pyridine rings is 2. The molecule has 3 aromatic heterocycles. The van der Waals surface area contributed by atoms with Gasteiger partial charge in [-0.3, -0.25) is 29.1 Å². The Balaban J connectivity index is 0.000000172. The molecule has 2 aromatic carbocycles. The highest BCUT2D eigenvalue weighted by molar-refractivity contribution is 6.09. The van der Waals surface area contributed by atoms with Crippen LogP contribution in [0.1, 0.15) is 71.4 Å². The van der Waals surface area contributed by atoms with Crippen LogP contribution in [0.2, 0.25) is 0 Å². The summed E-state index contributed by atoms with van der Waals surface area (Å²) >= 11 is 0. The third-order valence-electron chi connectivity index (χ3n) is 9.80. The Bertz CT molecular complexity index is 2320. The van der Waals surface area contributed by atoms with Gasteiger partial charge < -0.3 is 24.9 Å². The summed E-state index contributed by atoms with van der Waals surface area (Å²) in [6.07, 6.45) is 13.3. The number of carbonyl (C=O) groups excluding carboxylic acids is 4. The van der Waals surface area contributed by atoms with Crippen LogP contribution < -0.4 is 20.4 Å². The molecule has 13 heteroatoms. The van der Waals surface area contributed by atoms with E-state index in [-0.39, 0.29) is 29.3 Å². The van der Waals surface area contributed by atoms with Crippen molar-refractivity contribution in [1.29, 1.82) is 0 Å². The Kier molecular flexibility index (Phi) is 11.5. The lowest BCUT2D eigenvalue weighted by molar-refractivity contribution is -0.119. The molecule has 2 N–H and O–H groups in total. The van der Waals surface area contributed by atoms with Gasteiger partial charge in [0.15, 0.2) is 5.69 Å². The smallest absolute Gasteiger partial charge is 0.273 e. The molecule has 5 aromatic rings. The molecule has 0 atom stereocenters. The van der Waals surface area contributed by atoms with E-state index in [0.717, 1.165) is 69.9 Å². The first-order valence-electron chi connectivity index (χ1n) is 18.8. The fourth-order valence-electron chi connectivity index (χ4n) is 6.83. The van der Waals surface area contributed by atoms with Gasteiger partial charge in [0.05, 0.1) is 5.71 Å². The number of nitrogens with one attached hydrogen (secondary N) is 2. The second-order valence-corrected chi connectivity index (χ2v) is 13.5. The van der Waals surface area contributed by atoms with Gasteiger partial charge in [-0.2, -0.15) is 0 Å². The minimum absolute atomic E-state index is 0.121. The molecule has 6 heterocycles. The highest BCUT2D eigenvalue weighted by Crippen LogP contribution is 2.33. The molecule has 284 valence electrons. The standard InChI is InChI=1S/C22H22N4O2.C21H20N4O3/c1-2-21(27)26-11-9-17-12-16(5-8-20(17)26)18-6-7-19(25-18)22(28)24-14-15-4-3-10-23-13-15;1-2-19(26)25-9-7-15-10-16(5-6-18(15)25)21-24-17(13-28-21)20(27)23-12-14-4-3-8-22-11-14/h3-5,7-8,10,12-13H,2,6,9,11,14H2,1H3,(H,24,28);3-6,8,10-11,13H,2,7,9,12H2,1H3,(H,23,27). The van der Waals surface area contributed by atoms with Crippen molar-refractivity contribution in [2.45, 2.75) is 59.0 Å². The van der Waals surface area contributed by atoms with Crippen molar-refractivity contribution in [3.05, 3.63) is 137 Å². The molecule has 13 nitrogen and oxygen atoms in total. The van der Waals surface area contributed by atoms with Gasteiger partial charge in [0.25, 0.3) is 11.8 Å². The molecule has 3 aliphatic heterocycles. The third kappa shape index (κ3) is 8.46. The molecule has 56 heavy (non-hydrogen) atoms. The van der Waals surface area contributed by atoms with Crippen molar-refractivity contribution in [1.82, 2.24) is 25.6 Å². The second-order valence-electron chi connectivity index (χ2n) is 13.5. The van der Waals surface area contributed by atoms with E-state index >= 15 is 0 Å². The quantitative estimate of drug-likeness (QED) is 0.183. The average Bonchev–Trinajstić information content (AvgIpc) is 4.08. The largest absolute Gasteiger partial charge is 0.444 e. The van der Waals surface area contributed by atoms with Crippen molar-refractivity contribution in [2.24, 2.45) is 4.99 Å². The molecule has 8 rings (SSSR count). The fraction of sp³-hybridized carbons (Fsp3) is 0.256. The predicted octanol–water partition coefficient (Wildman–Crippen LogP) is 5.74. The number of rotatable bonds is 10. The normalized spacial score (nSPS) is 13.9. The predicted molar refractivity (Wildman–Crippen MR) is 212 cm³/mol. The van der Waals surface area contributed by atoms with Crippen molar-refractivity contribution >= 4 is 40.7 Å². The number of hydrogen-bond donors (Lipinski definition) is 2. The van der Waals surface area contributed by atoms with Crippen LogP contribution in [0.4, 0.5) is 11.4 Å². The molecular formula is C43H42N8O5. The van der Waals surface area contributed by atoms with Gasteiger partial charge in [-0.05, 0) is 89.2 Å². The van der Waals surface area contributed by atoms with Gasteiger partial charge in [-0.25, -0.2) is 9.98 Å². The molecule has 3 aliphatic rings.